The number of halogens is 2. The Morgan fingerprint density at radius 2 is 2.21 bits per heavy atom. The molecule has 0 fully saturated rings. The Hall–Kier alpha value is -1.70. The van der Waals surface area contributed by atoms with E-state index in [1.165, 1.54) is 18.9 Å². The minimum atomic E-state index is -0.336. The summed E-state index contributed by atoms with van der Waals surface area (Å²) in [6.07, 6.45) is 1.71. The standard InChI is InChI=1S/C15H15Cl2N3O3S/c1-3-6-20-13(18-19-15(20)24-9-14(21)22-2)8-23-12-7-10(16)4-5-11(12)17/h3-5,7H,1,6,8-9H2,2H3. The van der Waals surface area contributed by atoms with Gasteiger partial charge in [0.05, 0.1) is 17.9 Å². The second-order valence-corrected chi connectivity index (χ2v) is 6.31. The average Bonchev–Trinajstić information content (AvgIpc) is 2.96. The van der Waals surface area contributed by atoms with Crippen LogP contribution < -0.4 is 4.74 Å². The summed E-state index contributed by atoms with van der Waals surface area (Å²) in [5.41, 5.74) is 0. The molecule has 0 radical (unpaired) electrons. The number of benzene rings is 1. The maximum atomic E-state index is 11.3. The Morgan fingerprint density at radius 3 is 2.92 bits per heavy atom. The minimum absolute atomic E-state index is 0.146. The first kappa shape index (κ1) is 18.6. The lowest BCUT2D eigenvalue weighted by atomic mass is 10.3. The predicted molar refractivity (Wildman–Crippen MR) is 93.8 cm³/mol. The fraction of sp³-hybridized carbons (Fsp3) is 0.267. The van der Waals surface area contributed by atoms with Gasteiger partial charge in [-0.05, 0) is 12.1 Å². The van der Waals surface area contributed by atoms with E-state index in [1.54, 1.807) is 28.8 Å². The lowest BCUT2D eigenvalue weighted by molar-refractivity contribution is -0.137. The molecule has 0 atom stereocenters. The summed E-state index contributed by atoms with van der Waals surface area (Å²) in [6.45, 7) is 4.35. The first-order chi connectivity index (χ1) is 11.5. The number of carbonyl (C=O) groups is 1. The Balaban J connectivity index is 2.11. The Morgan fingerprint density at radius 1 is 1.42 bits per heavy atom. The Labute approximate surface area is 153 Å². The van der Waals surface area contributed by atoms with Gasteiger partial charge in [0, 0.05) is 17.6 Å². The Kier molecular flexibility index (Phi) is 6.96. The van der Waals surface area contributed by atoms with E-state index >= 15 is 0 Å². The van der Waals surface area contributed by atoms with Crippen LogP contribution in [0.2, 0.25) is 10.0 Å². The summed E-state index contributed by atoms with van der Waals surface area (Å²) in [7, 11) is 1.34. The van der Waals surface area contributed by atoms with Crippen molar-refractivity contribution in [2.75, 3.05) is 12.9 Å². The molecular formula is C15H15Cl2N3O3S. The second-order valence-electron chi connectivity index (χ2n) is 4.53. The molecule has 0 spiro atoms. The van der Waals surface area contributed by atoms with E-state index in [9.17, 15) is 4.79 Å². The van der Waals surface area contributed by atoms with Crippen LogP contribution in [0.3, 0.4) is 0 Å². The van der Waals surface area contributed by atoms with Gasteiger partial charge in [-0.15, -0.1) is 16.8 Å². The molecule has 2 rings (SSSR count). The zero-order valence-corrected chi connectivity index (χ0v) is 15.2. The number of ether oxygens (including phenoxy) is 2. The maximum Gasteiger partial charge on any atom is 0.316 e. The van der Waals surface area contributed by atoms with Crippen LogP contribution in [0.25, 0.3) is 0 Å². The summed E-state index contributed by atoms with van der Waals surface area (Å²) in [6, 6.07) is 4.97. The van der Waals surface area contributed by atoms with Crippen molar-refractivity contribution in [3.05, 3.63) is 46.7 Å². The highest BCUT2D eigenvalue weighted by Gasteiger charge is 2.14. The highest BCUT2D eigenvalue weighted by Crippen LogP contribution is 2.28. The molecule has 1 aromatic heterocycles. The van der Waals surface area contributed by atoms with Gasteiger partial charge in [-0.2, -0.15) is 0 Å². The van der Waals surface area contributed by atoms with Crippen LogP contribution in [0.1, 0.15) is 5.82 Å². The number of aromatic nitrogens is 3. The molecule has 0 N–H and O–H groups in total. The van der Waals surface area contributed by atoms with Crippen molar-refractivity contribution in [3.63, 3.8) is 0 Å². The molecule has 9 heteroatoms. The van der Waals surface area contributed by atoms with Crippen LogP contribution in [-0.2, 0) is 22.7 Å². The molecule has 0 bridgehead atoms. The van der Waals surface area contributed by atoms with Gasteiger partial charge in [0.2, 0.25) is 0 Å². The molecule has 0 aliphatic rings. The zero-order valence-electron chi connectivity index (χ0n) is 12.9. The number of carbonyl (C=O) groups excluding carboxylic acids is 1. The maximum absolute atomic E-state index is 11.3. The van der Waals surface area contributed by atoms with Gasteiger partial charge in [-0.1, -0.05) is 41.0 Å². The number of rotatable bonds is 8. The molecule has 128 valence electrons. The van der Waals surface area contributed by atoms with E-state index in [-0.39, 0.29) is 18.3 Å². The molecule has 0 aliphatic carbocycles. The van der Waals surface area contributed by atoms with Gasteiger partial charge in [-0.25, -0.2) is 0 Å². The lowest BCUT2D eigenvalue weighted by Gasteiger charge is -2.10. The zero-order chi connectivity index (χ0) is 17.5. The lowest BCUT2D eigenvalue weighted by Crippen LogP contribution is -2.09. The summed E-state index contributed by atoms with van der Waals surface area (Å²) < 4.78 is 12.1. The van der Waals surface area contributed by atoms with Gasteiger partial charge >= 0.3 is 5.97 Å². The van der Waals surface area contributed by atoms with Crippen LogP contribution in [0.5, 0.6) is 5.75 Å². The van der Waals surface area contributed by atoms with Gasteiger partial charge in [0.15, 0.2) is 11.0 Å². The highest BCUT2D eigenvalue weighted by atomic mass is 35.5. The smallest absolute Gasteiger partial charge is 0.316 e. The van der Waals surface area contributed by atoms with Crippen molar-refractivity contribution in [3.8, 4) is 5.75 Å². The molecule has 0 saturated heterocycles. The number of thioether (sulfide) groups is 1. The fourth-order valence-corrected chi connectivity index (χ4v) is 2.89. The van der Waals surface area contributed by atoms with Gasteiger partial charge < -0.3 is 9.47 Å². The molecule has 6 nitrogen and oxygen atoms in total. The summed E-state index contributed by atoms with van der Waals surface area (Å²) in [5, 5.41) is 9.73. The van der Waals surface area contributed by atoms with Crippen molar-refractivity contribution in [1.29, 1.82) is 0 Å². The first-order valence-corrected chi connectivity index (χ1v) is 8.59. The molecule has 0 aliphatic heterocycles. The number of hydrogen-bond donors (Lipinski definition) is 0. The van der Waals surface area contributed by atoms with Crippen LogP contribution in [0.4, 0.5) is 0 Å². The number of methoxy groups -OCH3 is 1. The van der Waals surface area contributed by atoms with Gasteiger partial charge in [-0.3, -0.25) is 9.36 Å². The van der Waals surface area contributed by atoms with E-state index in [2.05, 4.69) is 21.5 Å². The van der Waals surface area contributed by atoms with Crippen molar-refractivity contribution >= 4 is 40.9 Å². The largest absolute Gasteiger partial charge is 0.484 e. The molecule has 1 heterocycles. The number of esters is 1. The summed E-state index contributed by atoms with van der Waals surface area (Å²) >= 11 is 13.2. The topological polar surface area (TPSA) is 66.2 Å². The predicted octanol–water partition coefficient (Wildman–Crippen LogP) is 3.62. The van der Waals surface area contributed by atoms with E-state index in [4.69, 9.17) is 27.9 Å². The number of nitrogens with zero attached hydrogens (tertiary/aromatic N) is 3. The number of hydrogen-bond acceptors (Lipinski definition) is 6. The molecular weight excluding hydrogens is 373 g/mol. The van der Waals surface area contributed by atoms with Crippen molar-refractivity contribution in [1.82, 2.24) is 14.8 Å². The molecule has 0 saturated carbocycles. The third-order valence-electron chi connectivity index (χ3n) is 2.90. The summed E-state index contributed by atoms with van der Waals surface area (Å²) in [4.78, 5) is 11.3. The monoisotopic (exact) mass is 387 g/mol. The summed E-state index contributed by atoms with van der Waals surface area (Å²) in [5.74, 6) is 0.850. The van der Waals surface area contributed by atoms with Crippen LogP contribution in [0, 0.1) is 0 Å². The van der Waals surface area contributed by atoms with Crippen LogP contribution in [-0.4, -0.2) is 33.6 Å². The normalized spacial score (nSPS) is 10.5. The van der Waals surface area contributed by atoms with Crippen molar-refractivity contribution in [2.24, 2.45) is 0 Å². The first-order valence-electron chi connectivity index (χ1n) is 6.85. The molecule has 2 aromatic rings. The minimum Gasteiger partial charge on any atom is -0.484 e. The third-order valence-corrected chi connectivity index (χ3v) is 4.39. The van der Waals surface area contributed by atoms with Crippen LogP contribution >= 0.6 is 35.0 Å². The van der Waals surface area contributed by atoms with E-state index in [1.807, 2.05) is 0 Å². The van der Waals surface area contributed by atoms with E-state index in [0.29, 0.717) is 33.3 Å². The number of allylic oxidation sites excluding steroid dienone is 1. The van der Waals surface area contributed by atoms with Gasteiger partial charge in [0.1, 0.15) is 12.4 Å². The van der Waals surface area contributed by atoms with Crippen LogP contribution in [0.15, 0.2) is 36.0 Å². The molecule has 0 amide bonds. The van der Waals surface area contributed by atoms with Gasteiger partial charge in [0.25, 0.3) is 0 Å². The third kappa shape index (κ3) is 4.90. The quantitative estimate of drug-likeness (QED) is 0.391. The SMILES string of the molecule is C=CCn1c(COc2cc(Cl)ccc2Cl)nnc1SCC(=O)OC. The van der Waals surface area contributed by atoms with Crippen molar-refractivity contribution < 1.29 is 14.3 Å². The fourth-order valence-electron chi connectivity index (χ4n) is 1.76. The molecule has 24 heavy (non-hydrogen) atoms. The second kappa shape index (κ2) is 8.96. The molecule has 1 aromatic carbocycles. The van der Waals surface area contributed by atoms with E-state index in [0.717, 1.165) is 0 Å². The highest BCUT2D eigenvalue weighted by molar-refractivity contribution is 7.99. The van der Waals surface area contributed by atoms with Crippen molar-refractivity contribution in [2.45, 2.75) is 18.3 Å². The Bertz CT molecular complexity index is 737. The average molecular weight is 388 g/mol. The van der Waals surface area contributed by atoms with E-state index < -0.39 is 0 Å². The molecule has 0 unspecified atom stereocenters.